The van der Waals surface area contributed by atoms with Gasteiger partial charge in [0.1, 0.15) is 0 Å². The van der Waals surface area contributed by atoms with Crippen LogP contribution in [-0.2, 0) is 4.79 Å². The highest BCUT2D eigenvalue weighted by Crippen LogP contribution is 2.34. The van der Waals surface area contributed by atoms with Crippen LogP contribution in [0.25, 0.3) is 0 Å². The third kappa shape index (κ3) is 3.42. The average Bonchev–Trinajstić information content (AvgIpc) is 2.48. The quantitative estimate of drug-likeness (QED) is 0.854. The van der Waals surface area contributed by atoms with Crippen molar-refractivity contribution in [2.45, 2.75) is 31.8 Å². The fourth-order valence-electron chi connectivity index (χ4n) is 2.44. The van der Waals surface area contributed by atoms with Crippen LogP contribution in [0, 0.1) is 0 Å². The van der Waals surface area contributed by atoms with Gasteiger partial charge in [-0.1, -0.05) is 6.07 Å². The van der Waals surface area contributed by atoms with E-state index in [9.17, 15) is 4.79 Å². The number of carbonyl (C=O) groups is 1. The molecule has 5 heteroatoms. The molecule has 110 valence electrons. The molecule has 2 rings (SSSR count). The van der Waals surface area contributed by atoms with Crippen LogP contribution in [0.1, 0.15) is 31.2 Å². The van der Waals surface area contributed by atoms with Gasteiger partial charge < -0.3 is 20.5 Å². The van der Waals surface area contributed by atoms with E-state index < -0.39 is 12.0 Å². The van der Waals surface area contributed by atoms with Gasteiger partial charge in [-0.2, -0.15) is 0 Å². The lowest BCUT2D eigenvalue weighted by Crippen LogP contribution is -2.30. The van der Waals surface area contributed by atoms with Gasteiger partial charge in [-0.25, -0.2) is 0 Å². The Labute approximate surface area is 119 Å². The van der Waals surface area contributed by atoms with E-state index in [1.165, 1.54) is 5.56 Å². The monoisotopic (exact) mass is 278 g/mol. The van der Waals surface area contributed by atoms with Crippen molar-refractivity contribution in [1.82, 2.24) is 5.32 Å². The Balaban J connectivity index is 2.16. The van der Waals surface area contributed by atoms with E-state index in [4.69, 9.17) is 15.2 Å². The van der Waals surface area contributed by atoms with Crippen LogP contribution >= 0.6 is 0 Å². The Kier molecular flexibility index (Phi) is 4.84. The number of nitrogens with one attached hydrogen (secondary N) is 1. The Bertz CT molecular complexity index is 470. The number of ether oxygens (including phenoxy) is 2. The fourth-order valence-corrected chi connectivity index (χ4v) is 2.44. The number of hydrogen-bond acceptors (Lipinski definition) is 4. The molecule has 20 heavy (non-hydrogen) atoms. The molecule has 1 aliphatic rings. The van der Waals surface area contributed by atoms with Gasteiger partial charge in [0.25, 0.3) is 5.91 Å². The average molecular weight is 278 g/mol. The molecule has 1 aromatic rings. The zero-order chi connectivity index (χ0) is 14.5. The minimum atomic E-state index is -0.673. The van der Waals surface area contributed by atoms with Crippen molar-refractivity contribution >= 4 is 5.91 Å². The van der Waals surface area contributed by atoms with Gasteiger partial charge in [0.15, 0.2) is 17.6 Å². The zero-order valence-electron chi connectivity index (χ0n) is 12.0. The van der Waals surface area contributed by atoms with Crippen LogP contribution in [-0.4, -0.2) is 32.2 Å². The van der Waals surface area contributed by atoms with E-state index in [2.05, 4.69) is 5.32 Å². The lowest BCUT2D eigenvalue weighted by atomic mass is 9.90. The summed E-state index contributed by atoms with van der Waals surface area (Å²) in [6, 6.07) is 5.90. The molecule has 1 saturated heterocycles. The third-order valence-electron chi connectivity index (χ3n) is 3.70. The molecule has 1 aromatic carbocycles. The minimum Gasteiger partial charge on any atom is -0.493 e. The summed E-state index contributed by atoms with van der Waals surface area (Å²) in [6.07, 6.45) is 1.58. The van der Waals surface area contributed by atoms with E-state index in [1.54, 1.807) is 14.0 Å². The molecule has 0 aliphatic carbocycles. The molecular formula is C15H22N2O3. The predicted molar refractivity (Wildman–Crippen MR) is 77.1 cm³/mol. The Hall–Kier alpha value is -1.75. The molecule has 1 amide bonds. The van der Waals surface area contributed by atoms with Crippen LogP contribution < -0.4 is 20.5 Å². The number of methoxy groups -OCH3 is 1. The maximum atomic E-state index is 11.1. The maximum Gasteiger partial charge on any atom is 0.258 e. The Morgan fingerprint density at radius 1 is 1.35 bits per heavy atom. The van der Waals surface area contributed by atoms with E-state index >= 15 is 0 Å². The predicted octanol–water partition coefficient (Wildman–Crippen LogP) is 1.41. The highest BCUT2D eigenvalue weighted by molar-refractivity contribution is 5.78. The molecule has 3 N–H and O–H groups in total. The SMILES string of the molecule is COc1cc(C2CCNCC2)ccc1OC(C)C(N)=O. The van der Waals surface area contributed by atoms with Crippen molar-refractivity contribution in [2.75, 3.05) is 20.2 Å². The molecule has 0 aromatic heterocycles. The second-order valence-electron chi connectivity index (χ2n) is 5.10. The molecule has 1 heterocycles. The number of primary amides is 1. The second-order valence-corrected chi connectivity index (χ2v) is 5.10. The number of nitrogens with two attached hydrogens (primary N) is 1. The number of carbonyl (C=O) groups excluding carboxylic acids is 1. The van der Waals surface area contributed by atoms with Crippen molar-refractivity contribution < 1.29 is 14.3 Å². The number of piperidine rings is 1. The first-order chi connectivity index (χ1) is 9.61. The molecule has 1 atom stereocenters. The molecule has 0 bridgehead atoms. The van der Waals surface area contributed by atoms with Crippen molar-refractivity contribution in [3.05, 3.63) is 23.8 Å². The maximum absolute atomic E-state index is 11.1. The van der Waals surface area contributed by atoms with Crippen LogP contribution in [0.4, 0.5) is 0 Å². The summed E-state index contributed by atoms with van der Waals surface area (Å²) in [5.74, 6) is 1.26. The van der Waals surface area contributed by atoms with Crippen LogP contribution in [0.5, 0.6) is 11.5 Å². The number of hydrogen-bond donors (Lipinski definition) is 2. The van der Waals surface area contributed by atoms with Gasteiger partial charge in [0.2, 0.25) is 0 Å². The van der Waals surface area contributed by atoms with Crippen LogP contribution in [0.15, 0.2) is 18.2 Å². The van der Waals surface area contributed by atoms with Crippen molar-refractivity contribution in [3.8, 4) is 11.5 Å². The Morgan fingerprint density at radius 3 is 2.65 bits per heavy atom. The first-order valence-electron chi connectivity index (χ1n) is 6.96. The minimum absolute atomic E-state index is 0.491. The number of rotatable bonds is 5. The van der Waals surface area contributed by atoms with E-state index in [1.807, 2.05) is 18.2 Å². The summed E-state index contributed by atoms with van der Waals surface area (Å²) in [4.78, 5) is 11.1. The largest absolute Gasteiger partial charge is 0.493 e. The number of amides is 1. The first-order valence-corrected chi connectivity index (χ1v) is 6.96. The first kappa shape index (κ1) is 14.7. The van der Waals surface area contributed by atoms with Crippen LogP contribution in [0.2, 0.25) is 0 Å². The van der Waals surface area contributed by atoms with Gasteiger partial charge in [-0.15, -0.1) is 0 Å². The van der Waals surface area contributed by atoms with Gasteiger partial charge in [0.05, 0.1) is 7.11 Å². The lowest BCUT2D eigenvalue weighted by Gasteiger charge is -2.24. The summed E-state index contributed by atoms with van der Waals surface area (Å²) in [7, 11) is 1.60. The fraction of sp³-hybridized carbons (Fsp3) is 0.533. The van der Waals surface area contributed by atoms with E-state index in [0.29, 0.717) is 17.4 Å². The Morgan fingerprint density at radius 2 is 2.05 bits per heavy atom. The summed E-state index contributed by atoms with van der Waals surface area (Å²) in [5, 5.41) is 3.36. The van der Waals surface area contributed by atoms with Crippen molar-refractivity contribution in [3.63, 3.8) is 0 Å². The standard InChI is InChI=1S/C15H22N2O3/c1-10(15(16)18)20-13-4-3-12(9-14(13)19-2)11-5-7-17-8-6-11/h3-4,9-11,17H,5-8H2,1-2H3,(H2,16,18). The third-order valence-corrected chi connectivity index (χ3v) is 3.70. The molecule has 1 unspecified atom stereocenters. The summed E-state index contributed by atoms with van der Waals surface area (Å²) in [6.45, 7) is 3.72. The molecule has 0 spiro atoms. The smallest absolute Gasteiger partial charge is 0.258 e. The summed E-state index contributed by atoms with van der Waals surface area (Å²) >= 11 is 0. The van der Waals surface area contributed by atoms with E-state index in [0.717, 1.165) is 25.9 Å². The molecule has 5 nitrogen and oxygen atoms in total. The van der Waals surface area contributed by atoms with Gasteiger partial charge in [0, 0.05) is 0 Å². The zero-order valence-corrected chi connectivity index (χ0v) is 12.0. The normalized spacial score (nSPS) is 17.5. The number of benzene rings is 1. The second kappa shape index (κ2) is 6.61. The van der Waals surface area contributed by atoms with Crippen LogP contribution in [0.3, 0.4) is 0 Å². The highest BCUT2D eigenvalue weighted by atomic mass is 16.5. The molecular weight excluding hydrogens is 256 g/mol. The van der Waals surface area contributed by atoms with Gasteiger partial charge in [-0.05, 0) is 56.5 Å². The highest BCUT2D eigenvalue weighted by Gasteiger charge is 2.18. The van der Waals surface area contributed by atoms with Crippen molar-refractivity contribution in [1.29, 1.82) is 0 Å². The molecule has 0 saturated carbocycles. The van der Waals surface area contributed by atoms with E-state index in [-0.39, 0.29) is 0 Å². The summed E-state index contributed by atoms with van der Waals surface area (Å²) in [5.41, 5.74) is 6.46. The van der Waals surface area contributed by atoms with Gasteiger partial charge in [-0.3, -0.25) is 4.79 Å². The topological polar surface area (TPSA) is 73.6 Å². The molecule has 1 aliphatic heterocycles. The molecule has 1 fully saturated rings. The van der Waals surface area contributed by atoms with Crippen molar-refractivity contribution in [2.24, 2.45) is 5.73 Å². The van der Waals surface area contributed by atoms with Gasteiger partial charge >= 0.3 is 0 Å². The lowest BCUT2D eigenvalue weighted by molar-refractivity contribution is -0.124. The molecule has 0 radical (unpaired) electrons. The summed E-state index contributed by atoms with van der Waals surface area (Å²) < 4.78 is 10.9.